The Bertz CT molecular complexity index is 1030. The summed E-state index contributed by atoms with van der Waals surface area (Å²) >= 11 is 0. The molecule has 1 heterocycles. The second kappa shape index (κ2) is 5.82. The van der Waals surface area contributed by atoms with Crippen LogP contribution in [0.3, 0.4) is 0 Å². The number of nitrogens with zero attached hydrogens (tertiary/aromatic N) is 2. The third-order valence-electron chi connectivity index (χ3n) is 5.40. The lowest BCUT2D eigenvalue weighted by molar-refractivity contribution is -0.0526. The number of benzene rings is 1. The van der Waals surface area contributed by atoms with Gasteiger partial charge < -0.3 is 8.71 Å². The molecule has 2 aliphatic rings. The Morgan fingerprint density at radius 3 is 2.29 bits per heavy atom. The molecule has 0 N–H and O–H groups in total. The van der Waals surface area contributed by atoms with Crippen molar-refractivity contribution in [2.24, 2.45) is 0 Å². The zero-order valence-electron chi connectivity index (χ0n) is 14.9. The van der Waals surface area contributed by atoms with Gasteiger partial charge in [-0.15, -0.1) is 0 Å². The van der Waals surface area contributed by atoms with Crippen molar-refractivity contribution in [1.29, 1.82) is 0 Å². The van der Waals surface area contributed by atoms with Crippen LogP contribution in [0.2, 0.25) is 0 Å². The fourth-order valence-corrected chi connectivity index (χ4v) is 3.77. The maximum atomic E-state index is 12.6. The van der Waals surface area contributed by atoms with Gasteiger partial charge in [0.1, 0.15) is 11.2 Å². The molecule has 0 spiro atoms. The molecule has 4 rings (SSSR count). The first-order valence-corrected chi connectivity index (χ1v) is 10.0. The van der Waals surface area contributed by atoms with Crippen molar-refractivity contribution in [2.75, 3.05) is 0 Å². The number of allylic oxidation sites excluding steroid dienone is 1. The molecule has 150 valence electrons. The maximum absolute atomic E-state index is 12.6. The topological polar surface area (TPSA) is 82.3 Å². The predicted octanol–water partition coefficient (Wildman–Crippen LogP) is 3.87. The van der Waals surface area contributed by atoms with E-state index in [-0.39, 0.29) is 11.3 Å². The highest BCUT2D eigenvalue weighted by molar-refractivity contribution is 7.87. The van der Waals surface area contributed by atoms with Gasteiger partial charge in [-0.3, -0.25) is 0 Å². The third-order valence-corrected chi connectivity index (χ3v) is 6.38. The minimum absolute atomic E-state index is 0.0308. The first-order valence-electron chi connectivity index (χ1n) is 8.62. The van der Waals surface area contributed by atoms with Crippen LogP contribution in [0, 0.1) is 6.92 Å². The summed E-state index contributed by atoms with van der Waals surface area (Å²) in [5, 5.41) is 4.03. The standard InChI is InChI=1S/C18H17F3N2O4S/c1-11-3-5-13(6-4-11)17(9-10-17)14-22-15(26-23-14)16(7-8-16)12(2)27-28(24,25)18(19,20)21/h3-6H,2,7-10H2,1H3. The SMILES string of the molecule is C=C(OS(=O)(=O)C(F)(F)F)C1(c2nc(C3(c4ccc(C)cc4)CC3)no2)CC1. The van der Waals surface area contributed by atoms with Crippen LogP contribution in [0.15, 0.2) is 41.1 Å². The van der Waals surface area contributed by atoms with Gasteiger partial charge in [0.05, 0.1) is 5.41 Å². The molecule has 0 saturated heterocycles. The lowest BCUT2D eigenvalue weighted by Crippen LogP contribution is -2.28. The summed E-state index contributed by atoms with van der Waals surface area (Å²) < 4.78 is 69.8. The summed E-state index contributed by atoms with van der Waals surface area (Å²) in [4.78, 5) is 4.40. The van der Waals surface area contributed by atoms with Crippen molar-refractivity contribution in [2.45, 2.75) is 48.9 Å². The predicted molar refractivity (Wildman–Crippen MR) is 91.6 cm³/mol. The fourth-order valence-electron chi connectivity index (χ4n) is 3.25. The van der Waals surface area contributed by atoms with Crippen LogP contribution in [-0.4, -0.2) is 24.1 Å². The van der Waals surface area contributed by atoms with Crippen molar-refractivity contribution >= 4 is 10.1 Å². The first kappa shape index (κ1) is 19.0. The van der Waals surface area contributed by atoms with E-state index in [0.717, 1.165) is 24.0 Å². The number of hydrogen-bond acceptors (Lipinski definition) is 6. The Morgan fingerprint density at radius 1 is 1.18 bits per heavy atom. The van der Waals surface area contributed by atoms with E-state index in [9.17, 15) is 21.6 Å². The molecule has 1 aromatic carbocycles. The van der Waals surface area contributed by atoms with Gasteiger partial charge in [0.15, 0.2) is 5.82 Å². The smallest absolute Gasteiger partial charge is 0.380 e. The number of halogens is 3. The van der Waals surface area contributed by atoms with Crippen LogP contribution in [0.4, 0.5) is 13.2 Å². The normalized spacial score (nSPS) is 19.9. The second-order valence-corrected chi connectivity index (χ2v) is 8.90. The summed E-state index contributed by atoms with van der Waals surface area (Å²) in [7, 11) is -5.79. The van der Waals surface area contributed by atoms with Crippen molar-refractivity contribution in [1.82, 2.24) is 10.1 Å². The van der Waals surface area contributed by atoms with Gasteiger partial charge in [-0.2, -0.15) is 26.6 Å². The van der Waals surface area contributed by atoms with E-state index in [1.54, 1.807) is 0 Å². The molecule has 2 fully saturated rings. The number of aromatic nitrogens is 2. The molecule has 0 unspecified atom stereocenters. The molecule has 2 saturated carbocycles. The summed E-state index contributed by atoms with van der Waals surface area (Å²) in [6.45, 7) is 5.37. The van der Waals surface area contributed by atoms with E-state index in [4.69, 9.17) is 4.52 Å². The van der Waals surface area contributed by atoms with Gasteiger partial charge in [-0.1, -0.05) is 41.6 Å². The van der Waals surface area contributed by atoms with Crippen LogP contribution in [0.1, 0.15) is 48.5 Å². The van der Waals surface area contributed by atoms with E-state index in [0.29, 0.717) is 18.7 Å². The van der Waals surface area contributed by atoms with Gasteiger partial charge in [0.25, 0.3) is 0 Å². The van der Waals surface area contributed by atoms with E-state index in [1.807, 2.05) is 31.2 Å². The average molecular weight is 414 g/mol. The Morgan fingerprint density at radius 2 is 1.79 bits per heavy atom. The second-order valence-electron chi connectivity index (χ2n) is 7.36. The van der Waals surface area contributed by atoms with Crippen molar-refractivity contribution in [3.05, 3.63) is 59.4 Å². The molecule has 1 aromatic heterocycles. The number of aryl methyl sites for hydroxylation is 1. The Labute approximate surface area is 159 Å². The van der Waals surface area contributed by atoms with Gasteiger partial charge in [-0.05, 0) is 38.2 Å². The summed E-state index contributed by atoms with van der Waals surface area (Å²) in [6, 6.07) is 7.94. The van der Waals surface area contributed by atoms with Crippen LogP contribution in [0.5, 0.6) is 0 Å². The molecule has 0 bridgehead atoms. The molecule has 2 aliphatic carbocycles. The van der Waals surface area contributed by atoms with E-state index in [2.05, 4.69) is 20.9 Å². The van der Waals surface area contributed by atoms with Crippen LogP contribution in [-0.2, 0) is 25.1 Å². The molecular formula is C18H17F3N2O4S. The number of rotatable bonds is 6. The number of hydrogen-bond donors (Lipinski definition) is 0. The van der Waals surface area contributed by atoms with Crippen LogP contribution in [0.25, 0.3) is 0 Å². The Kier molecular flexibility index (Phi) is 3.94. The Hall–Kier alpha value is -2.36. The molecule has 0 amide bonds. The minimum Gasteiger partial charge on any atom is -0.380 e. The van der Waals surface area contributed by atoms with E-state index >= 15 is 0 Å². The van der Waals surface area contributed by atoms with Gasteiger partial charge >= 0.3 is 15.6 Å². The zero-order valence-corrected chi connectivity index (χ0v) is 15.7. The molecule has 28 heavy (non-hydrogen) atoms. The summed E-state index contributed by atoms with van der Waals surface area (Å²) in [5.74, 6) is -0.0902. The third kappa shape index (κ3) is 2.90. The molecule has 10 heteroatoms. The highest BCUT2D eigenvalue weighted by Crippen LogP contribution is 2.56. The Balaban J connectivity index is 1.59. The zero-order chi connectivity index (χ0) is 20.4. The van der Waals surface area contributed by atoms with Gasteiger partial charge in [0, 0.05) is 0 Å². The first-order chi connectivity index (χ1) is 13.0. The van der Waals surface area contributed by atoms with Gasteiger partial charge in [0.2, 0.25) is 5.89 Å². The van der Waals surface area contributed by atoms with E-state index in [1.165, 1.54) is 0 Å². The molecule has 0 radical (unpaired) electrons. The largest absolute Gasteiger partial charge is 0.534 e. The minimum atomic E-state index is -5.79. The molecule has 0 atom stereocenters. The van der Waals surface area contributed by atoms with E-state index < -0.39 is 26.8 Å². The van der Waals surface area contributed by atoms with Crippen LogP contribution >= 0.6 is 0 Å². The quantitative estimate of drug-likeness (QED) is 0.405. The molecule has 2 aromatic rings. The highest BCUT2D eigenvalue weighted by atomic mass is 32.2. The molecular weight excluding hydrogens is 397 g/mol. The monoisotopic (exact) mass is 414 g/mol. The fraction of sp³-hybridized carbons (Fsp3) is 0.444. The summed E-state index contributed by atoms with van der Waals surface area (Å²) in [5.41, 5.74) is -4.97. The van der Waals surface area contributed by atoms with Crippen molar-refractivity contribution < 1.29 is 30.3 Å². The molecule has 6 nitrogen and oxygen atoms in total. The molecule has 0 aliphatic heterocycles. The van der Waals surface area contributed by atoms with Crippen LogP contribution < -0.4 is 0 Å². The number of alkyl halides is 3. The lowest BCUT2D eigenvalue weighted by atomic mass is 9.94. The average Bonchev–Trinajstić information content (AvgIpc) is 3.53. The lowest BCUT2D eigenvalue weighted by Gasteiger charge is -2.16. The van der Waals surface area contributed by atoms with Crippen molar-refractivity contribution in [3.8, 4) is 0 Å². The summed E-state index contributed by atoms with van der Waals surface area (Å²) in [6.07, 6.45) is 2.28. The highest BCUT2D eigenvalue weighted by Gasteiger charge is 2.59. The maximum Gasteiger partial charge on any atom is 0.534 e. The van der Waals surface area contributed by atoms with Crippen molar-refractivity contribution in [3.63, 3.8) is 0 Å². The van der Waals surface area contributed by atoms with Gasteiger partial charge in [-0.25, -0.2) is 0 Å².